The minimum Gasteiger partial charge on any atom is -0.376 e. The predicted molar refractivity (Wildman–Crippen MR) is 99.2 cm³/mol. The van der Waals surface area contributed by atoms with E-state index in [9.17, 15) is 4.79 Å². The van der Waals surface area contributed by atoms with Crippen LogP contribution in [-0.2, 0) is 16.1 Å². The summed E-state index contributed by atoms with van der Waals surface area (Å²) in [4.78, 5) is 18.9. The Morgan fingerprint density at radius 2 is 2.08 bits per heavy atom. The van der Waals surface area contributed by atoms with E-state index in [0.29, 0.717) is 13.1 Å². The number of carbonyl (C=O) groups is 1. The Labute approximate surface area is 154 Å². The number of hydrogen-bond donors (Lipinski definition) is 1. The van der Waals surface area contributed by atoms with Crippen molar-refractivity contribution in [3.63, 3.8) is 0 Å². The normalized spacial score (nSPS) is 17.6. The van der Waals surface area contributed by atoms with Gasteiger partial charge in [0.2, 0.25) is 5.91 Å². The number of ether oxygens (including phenoxy) is 1. The number of amides is 1. The first-order valence-corrected chi connectivity index (χ1v) is 8.34. The van der Waals surface area contributed by atoms with Gasteiger partial charge in [0, 0.05) is 32.1 Å². The lowest BCUT2D eigenvalue weighted by atomic mass is 10.1. The molecule has 2 atom stereocenters. The zero-order valence-corrected chi connectivity index (χ0v) is 14.9. The molecule has 5 nitrogen and oxygen atoms in total. The molecule has 1 aliphatic rings. The molecule has 0 saturated carbocycles. The molecule has 2 unspecified atom stereocenters. The molecule has 1 saturated heterocycles. The van der Waals surface area contributed by atoms with E-state index < -0.39 is 6.04 Å². The fourth-order valence-corrected chi connectivity index (χ4v) is 2.98. The molecule has 25 heavy (non-hydrogen) atoms. The SMILES string of the molecule is Cl.NC(C(=O)N(Cc1cccnc1)CC1CCCO1)c1ccccc1. The highest BCUT2D eigenvalue weighted by Gasteiger charge is 2.27. The molecule has 0 aliphatic carbocycles. The number of carbonyl (C=O) groups excluding carboxylic acids is 1. The Bertz CT molecular complexity index is 648. The zero-order valence-electron chi connectivity index (χ0n) is 14.1. The summed E-state index contributed by atoms with van der Waals surface area (Å²) in [6, 6.07) is 12.7. The third-order valence-corrected chi connectivity index (χ3v) is 4.28. The van der Waals surface area contributed by atoms with Crippen LogP contribution in [0.3, 0.4) is 0 Å². The highest BCUT2D eigenvalue weighted by atomic mass is 35.5. The minimum absolute atomic E-state index is 0. The van der Waals surface area contributed by atoms with Crippen molar-refractivity contribution in [3.05, 3.63) is 66.0 Å². The van der Waals surface area contributed by atoms with E-state index >= 15 is 0 Å². The first-order valence-electron chi connectivity index (χ1n) is 8.34. The largest absolute Gasteiger partial charge is 0.376 e. The fourth-order valence-electron chi connectivity index (χ4n) is 2.98. The van der Waals surface area contributed by atoms with Gasteiger partial charge in [0.25, 0.3) is 0 Å². The smallest absolute Gasteiger partial charge is 0.244 e. The summed E-state index contributed by atoms with van der Waals surface area (Å²) in [7, 11) is 0. The lowest BCUT2D eigenvalue weighted by Gasteiger charge is -2.28. The maximum atomic E-state index is 13.0. The Kier molecular flexibility index (Phi) is 7.37. The lowest BCUT2D eigenvalue weighted by molar-refractivity contribution is -0.135. The number of pyridine rings is 1. The molecule has 2 heterocycles. The monoisotopic (exact) mass is 361 g/mol. The van der Waals surface area contributed by atoms with Crippen molar-refractivity contribution < 1.29 is 9.53 Å². The zero-order chi connectivity index (χ0) is 16.8. The van der Waals surface area contributed by atoms with Crippen LogP contribution in [0.2, 0.25) is 0 Å². The van der Waals surface area contributed by atoms with Crippen LogP contribution >= 0.6 is 12.4 Å². The molecule has 134 valence electrons. The first-order chi connectivity index (χ1) is 11.7. The summed E-state index contributed by atoms with van der Waals surface area (Å²) < 4.78 is 5.71. The fraction of sp³-hybridized carbons (Fsp3) is 0.368. The Hall–Kier alpha value is -1.95. The van der Waals surface area contributed by atoms with Crippen LogP contribution < -0.4 is 5.73 Å². The third-order valence-electron chi connectivity index (χ3n) is 4.28. The summed E-state index contributed by atoms with van der Waals surface area (Å²) in [6.07, 6.45) is 5.63. The molecule has 0 bridgehead atoms. The van der Waals surface area contributed by atoms with Crippen molar-refractivity contribution in [2.45, 2.75) is 31.5 Å². The lowest BCUT2D eigenvalue weighted by Crippen LogP contribution is -2.42. The van der Waals surface area contributed by atoms with Gasteiger partial charge in [-0.25, -0.2) is 0 Å². The summed E-state index contributed by atoms with van der Waals surface area (Å²) >= 11 is 0. The molecular weight excluding hydrogens is 338 g/mol. The number of aromatic nitrogens is 1. The summed E-state index contributed by atoms with van der Waals surface area (Å²) in [6.45, 7) is 1.83. The molecule has 1 fully saturated rings. The predicted octanol–water partition coefficient (Wildman–Crippen LogP) is 2.71. The van der Waals surface area contributed by atoms with E-state index in [1.807, 2.05) is 42.5 Å². The highest BCUT2D eigenvalue weighted by Crippen LogP contribution is 2.19. The summed E-state index contributed by atoms with van der Waals surface area (Å²) in [5.41, 5.74) is 8.03. The molecule has 6 heteroatoms. The highest BCUT2D eigenvalue weighted by molar-refractivity contribution is 5.85. The van der Waals surface area contributed by atoms with Crippen molar-refractivity contribution in [1.29, 1.82) is 0 Å². The van der Waals surface area contributed by atoms with Gasteiger partial charge in [0.05, 0.1) is 6.10 Å². The van der Waals surface area contributed by atoms with E-state index in [4.69, 9.17) is 10.5 Å². The molecule has 3 rings (SSSR count). The van der Waals surface area contributed by atoms with Crippen molar-refractivity contribution in [1.82, 2.24) is 9.88 Å². The quantitative estimate of drug-likeness (QED) is 0.858. The second-order valence-electron chi connectivity index (χ2n) is 6.10. The van der Waals surface area contributed by atoms with Crippen LogP contribution in [0.25, 0.3) is 0 Å². The van der Waals surface area contributed by atoms with E-state index in [-0.39, 0.29) is 24.4 Å². The number of benzene rings is 1. The molecule has 2 aromatic rings. The van der Waals surface area contributed by atoms with Crippen molar-refractivity contribution in [3.8, 4) is 0 Å². The average Bonchev–Trinajstić information content (AvgIpc) is 3.15. The van der Waals surface area contributed by atoms with Crippen LogP contribution in [0.4, 0.5) is 0 Å². The van der Waals surface area contributed by atoms with Gasteiger partial charge in [0.1, 0.15) is 6.04 Å². The molecule has 0 spiro atoms. The average molecular weight is 362 g/mol. The number of rotatable bonds is 6. The van der Waals surface area contributed by atoms with Crippen LogP contribution in [0, 0.1) is 0 Å². The van der Waals surface area contributed by atoms with Crippen LogP contribution in [0.15, 0.2) is 54.9 Å². The molecular formula is C19H24ClN3O2. The van der Waals surface area contributed by atoms with E-state index in [1.165, 1.54) is 0 Å². The topological polar surface area (TPSA) is 68.5 Å². The van der Waals surface area contributed by atoms with Gasteiger partial charge in [-0.2, -0.15) is 0 Å². The maximum absolute atomic E-state index is 13.0. The molecule has 1 aromatic carbocycles. The molecule has 2 N–H and O–H groups in total. The Morgan fingerprint density at radius 1 is 1.28 bits per heavy atom. The van der Waals surface area contributed by atoms with Gasteiger partial charge in [0.15, 0.2) is 0 Å². The number of halogens is 1. The second-order valence-corrected chi connectivity index (χ2v) is 6.10. The van der Waals surface area contributed by atoms with Gasteiger partial charge < -0.3 is 15.4 Å². The van der Waals surface area contributed by atoms with E-state index in [2.05, 4.69) is 4.98 Å². The van der Waals surface area contributed by atoms with Gasteiger partial charge in [-0.1, -0.05) is 36.4 Å². The van der Waals surface area contributed by atoms with Crippen molar-refractivity contribution in [2.75, 3.05) is 13.2 Å². The summed E-state index contributed by atoms with van der Waals surface area (Å²) in [5, 5.41) is 0. The van der Waals surface area contributed by atoms with Crippen LogP contribution in [0.5, 0.6) is 0 Å². The van der Waals surface area contributed by atoms with Crippen LogP contribution in [-0.4, -0.2) is 35.0 Å². The number of hydrogen-bond acceptors (Lipinski definition) is 4. The van der Waals surface area contributed by atoms with E-state index in [0.717, 1.165) is 30.6 Å². The molecule has 1 amide bonds. The van der Waals surface area contributed by atoms with Crippen molar-refractivity contribution in [2.24, 2.45) is 5.73 Å². The maximum Gasteiger partial charge on any atom is 0.244 e. The summed E-state index contributed by atoms with van der Waals surface area (Å²) in [5.74, 6) is -0.0828. The Morgan fingerprint density at radius 3 is 2.72 bits per heavy atom. The second kappa shape index (κ2) is 9.51. The van der Waals surface area contributed by atoms with Crippen LogP contribution in [0.1, 0.15) is 30.0 Å². The first kappa shape index (κ1) is 19.4. The minimum atomic E-state index is -0.663. The third kappa shape index (κ3) is 5.26. The molecule has 1 aliphatic heterocycles. The number of nitrogens with two attached hydrogens (primary N) is 1. The molecule has 1 aromatic heterocycles. The molecule has 0 radical (unpaired) electrons. The Balaban J connectivity index is 0.00000225. The van der Waals surface area contributed by atoms with Gasteiger partial charge in [-0.15, -0.1) is 12.4 Å². The van der Waals surface area contributed by atoms with Gasteiger partial charge in [-0.3, -0.25) is 9.78 Å². The van der Waals surface area contributed by atoms with E-state index in [1.54, 1.807) is 17.3 Å². The standard InChI is InChI=1S/C19H23N3O2.ClH/c20-18(16-7-2-1-3-8-16)19(23)22(14-17-9-5-11-24-17)13-15-6-4-10-21-12-15;/h1-4,6-8,10,12,17-18H,5,9,11,13-14,20H2;1H. The van der Waals surface area contributed by atoms with Gasteiger partial charge in [-0.05, 0) is 30.0 Å². The number of nitrogens with zero attached hydrogens (tertiary/aromatic N) is 2. The van der Waals surface area contributed by atoms with Gasteiger partial charge >= 0.3 is 0 Å². The van der Waals surface area contributed by atoms with Crippen molar-refractivity contribution >= 4 is 18.3 Å².